The van der Waals surface area contributed by atoms with Gasteiger partial charge in [0.1, 0.15) is 12.0 Å². The minimum Gasteiger partial charge on any atom is -0.467 e. The highest BCUT2D eigenvalue weighted by Crippen LogP contribution is 2.17. The van der Waals surface area contributed by atoms with Crippen LogP contribution in [-0.4, -0.2) is 92.1 Å². The van der Waals surface area contributed by atoms with Crippen molar-refractivity contribution in [3.63, 3.8) is 0 Å². The Kier molecular flexibility index (Phi) is 5.44. The molecular weight excluding hydrogens is 346 g/mol. The lowest BCUT2D eigenvalue weighted by Gasteiger charge is -2.39. The Labute approximate surface area is 148 Å². The number of likely N-dealkylation sites (N-methyl/N-ethyl adjacent to an activating group) is 1. The van der Waals surface area contributed by atoms with Crippen molar-refractivity contribution in [1.82, 2.24) is 18.4 Å². The minimum atomic E-state index is -3.46. The van der Waals surface area contributed by atoms with Gasteiger partial charge in [-0.2, -0.15) is 17.0 Å². The van der Waals surface area contributed by atoms with Crippen molar-refractivity contribution in [1.29, 1.82) is 0 Å². The summed E-state index contributed by atoms with van der Waals surface area (Å²) in [5.41, 5.74) is 5.94. The predicted molar refractivity (Wildman–Crippen MR) is 92.1 cm³/mol. The zero-order valence-corrected chi connectivity index (χ0v) is 15.2. The first-order valence-corrected chi connectivity index (χ1v) is 9.82. The van der Waals surface area contributed by atoms with Gasteiger partial charge in [0.15, 0.2) is 0 Å². The van der Waals surface area contributed by atoms with Crippen molar-refractivity contribution in [3.8, 4) is 0 Å². The first-order chi connectivity index (χ1) is 11.9. The van der Waals surface area contributed by atoms with E-state index in [0.717, 1.165) is 13.1 Å². The second-order valence-corrected chi connectivity index (χ2v) is 8.34. The lowest BCUT2D eigenvalue weighted by Crippen LogP contribution is -2.57. The van der Waals surface area contributed by atoms with E-state index >= 15 is 0 Å². The third-order valence-electron chi connectivity index (χ3n) is 4.74. The zero-order valence-electron chi connectivity index (χ0n) is 14.4. The molecule has 0 aliphatic carbocycles. The summed E-state index contributed by atoms with van der Waals surface area (Å²) in [6.45, 7) is 4.09. The third kappa shape index (κ3) is 3.87. The van der Waals surface area contributed by atoms with Gasteiger partial charge in [0, 0.05) is 52.4 Å². The van der Waals surface area contributed by atoms with E-state index < -0.39 is 10.2 Å². The summed E-state index contributed by atoms with van der Waals surface area (Å²) < 4.78 is 33.7. The number of nitrogens with zero attached hydrogens (tertiary/aromatic N) is 4. The van der Waals surface area contributed by atoms with Crippen LogP contribution in [0.3, 0.4) is 0 Å². The highest BCUT2D eigenvalue weighted by Gasteiger charge is 2.34. The SMILES string of the molecule is CN1CCN(S(=O)(=O)N2CCN(C(=O)c3coc(CN)c3)CC2)CC1. The molecule has 2 aliphatic rings. The van der Waals surface area contributed by atoms with Crippen LogP contribution in [0.25, 0.3) is 0 Å². The molecule has 0 spiro atoms. The van der Waals surface area contributed by atoms with E-state index in [1.165, 1.54) is 14.9 Å². The summed E-state index contributed by atoms with van der Waals surface area (Å²) in [5.74, 6) is 0.403. The molecule has 10 heteroatoms. The Balaban J connectivity index is 1.58. The van der Waals surface area contributed by atoms with Gasteiger partial charge in [-0.15, -0.1) is 0 Å². The highest BCUT2D eigenvalue weighted by atomic mass is 32.2. The van der Waals surface area contributed by atoms with E-state index in [1.54, 1.807) is 11.0 Å². The normalized spacial score (nSPS) is 21.6. The van der Waals surface area contributed by atoms with Crippen LogP contribution in [-0.2, 0) is 16.8 Å². The minimum absolute atomic E-state index is 0.153. The predicted octanol–water partition coefficient (Wildman–Crippen LogP) is -1.01. The first kappa shape index (κ1) is 18.3. The van der Waals surface area contributed by atoms with Gasteiger partial charge in [0.2, 0.25) is 0 Å². The molecule has 9 nitrogen and oxygen atoms in total. The quantitative estimate of drug-likeness (QED) is 0.727. The van der Waals surface area contributed by atoms with Gasteiger partial charge in [-0.1, -0.05) is 0 Å². The monoisotopic (exact) mass is 371 g/mol. The topological polar surface area (TPSA) is 103 Å². The van der Waals surface area contributed by atoms with Crippen LogP contribution in [0.4, 0.5) is 0 Å². The first-order valence-electron chi connectivity index (χ1n) is 8.42. The summed E-state index contributed by atoms with van der Waals surface area (Å²) in [6, 6.07) is 1.63. The number of carbonyl (C=O) groups is 1. The van der Waals surface area contributed by atoms with Gasteiger partial charge in [-0.3, -0.25) is 4.79 Å². The van der Waals surface area contributed by atoms with Crippen LogP contribution >= 0.6 is 0 Å². The molecule has 2 N–H and O–H groups in total. The fraction of sp³-hybridized carbons (Fsp3) is 0.667. The third-order valence-corrected chi connectivity index (χ3v) is 6.78. The maximum atomic E-state index is 12.7. The van der Waals surface area contributed by atoms with Crippen molar-refractivity contribution in [2.24, 2.45) is 5.73 Å². The molecule has 0 bridgehead atoms. The van der Waals surface area contributed by atoms with E-state index in [2.05, 4.69) is 4.90 Å². The standard InChI is InChI=1S/C15H25N5O4S/c1-17-2-6-19(7-3-17)25(22,23)20-8-4-18(5-9-20)15(21)13-10-14(11-16)24-12-13/h10,12H,2-9,11,16H2,1H3. The summed E-state index contributed by atoms with van der Waals surface area (Å²) in [6.07, 6.45) is 1.40. The molecule has 0 saturated carbocycles. The average Bonchev–Trinajstić information content (AvgIpc) is 3.11. The van der Waals surface area contributed by atoms with E-state index in [9.17, 15) is 13.2 Å². The van der Waals surface area contributed by atoms with Crippen LogP contribution < -0.4 is 5.73 Å². The van der Waals surface area contributed by atoms with Gasteiger partial charge in [-0.25, -0.2) is 0 Å². The molecule has 1 amide bonds. The number of rotatable bonds is 4. The summed E-state index contributed by atoms with van der Waals surface area (Å²) in [4.78, 5) is 16.2. The lowest BCUT2D eigenvalue weighted by molar-refractivity contribution is 0.0691. The van der Waals surface area contributed by atoms with Gasteiger partial charge in [-0.05, 0) is 13.1 Å². The number of furan rings is 1. The molecule has 1 aromatic rings. The molecular formula is C15H25N5O4S. The zero-order chi connectivity index (χ0) is 18.0. The van der Waals surface area contributed by atoms with Crippen LogP contribution in [0.1, 0.15) is 16.1 Å². The number of hydrogen-bond acceptors (Lipinski definition) is 6. The van der Waals surface area contributed by atoms with Crippen LogP contribution in [0.2, 0.25) is 0 Å². The van der Waals surface area contributed by atoms with Crippen molar-refractivity contribution in [2.75, 3.05) is 59.4 Å². The van der Waals surface area contributed by atoms with E-state index in [1.807, 2.05) is 7.05 Å². The number of hydrogen-bond donors (Lipinski definition) is 1. The fourth-order valence-electron chi connectivity index (χ4n) is 3.09. The lowest BCUT2D eigenvalue weighted by atomic mass is 10.2. The Hall–Kier alpha value is -1.46. The van der Waals surface area contributed by atoms with Crippen molar-refractivity contribution < 1.29 is 17.6 Å². The molecule has 0 radical (unpaired) electrons. The summed E-state index contributed by atoms with van der Waals surface area (Å²) in [5, 5.41) is 0. The fourth-order valence-corrected chi connectivity index (χ4v) is 4.66. The highest BCUT2D eigenvalue weighted by molar-refractivity contribution is 7.86. The molecule has 3 rings (SSSR count). The second-order valence-electron chi connectivity index (χ2n) is 6.41. The molecule has 25 heavy (non-hydrogen) atoms. The van der Waals surface area contributed by atoms with E-state index in [0.29, 0.717) is 50.6 Å². The average molecular weight is 371 g/mol. The van der Waals surface area contributed by atoms with Crippen molar-refractivity contribution in [3.05, 3.63) is 23.7 Å². The Bertz CT molecular complexity index is 703. The molecule has 0 atom stereocenters. The van der Waals surface area contributed by atoms with Gasteiger partial charge in [0.25, 0.3) is 16.1 Å². The van der Waals surface area contributed by atoms with Gasteiger partial charge < -0.3 is 20.0 Å². The maximum absolute atomic E-state index is 12.7. The summed E-state index contributed by atoms with van der Waals surface area (Å²) in [7, 11) is -1.47. The second kappa shape index (κ2) is 7.42. The Morgan fingerprint density at radius 1 is 1.08 bits per heavy atom. The number of amides is 1. The molecule has 1 aromatic heterocycles. The number of piperazine rings is 2. The largest absolute Gasteiger partial charge is 0.467 e. The molecule has 3 heterocycles. The molecule has 2 aliphatic heterocycles. The molecule has 140 valence electrons. The smallest absolute Gasteiger partial charge is 0.282 e. The number of nitrogens with two attached hydrogens (primary N) is 1. The van der Waals surface area contributed by atoms with Gasteiger partial charge in [0.05, 0.1) is 12.1 Å². The summed E-state index contributed by atoms with van der Waals surface area (Å²) >= 11 is 0. The van der Waals surface area contributed by atoms with E-state index in [4.69, 9.17) is 10.2 Å². The van der Waals surface area contributed by atoms with Crippen molar-refractivity contribution >= 4 is 16.1 Å². The van der Waals surface area contributed by atoms with E-state index in [-0.39, 0.29) is 12.5 Å². The Morgan fingerprint density at radius 3 is 2.16 bits per heavy atom. The molecule has 2 saturated heterocycles. The van der Waals surface area contributed by atoms with Crippen LogP contribution in [0.15, 0.2) is 16.7 Å². The maximum Gasteiger partial charge on any atom is 0.282 e. The van der Waals surface area contributed by atoms with Crippen molar-refractivity contribution in [2.45, 2.75) is 6.54 Å². The van der Waals surface area contributed by atoms with Crippen LogP contribution in [0.5, 0.6) is 0 Å². The Morgan fingerprint density at radius 2 is 1.64 bits per heavy atom. The molecule has 0 aromatic carbocycles. The molecule has 0 unspecified atom stereocenters. The van der Waals surface area contributed by atoms with Gasteiger partial charge >= 0.3 is 0 Å². The number of carbonyl (C=O) groups excluding carboxylic acids is 1. The molecule has 2 fully saturated rings. The van der Waals surface area contributed by atoms with Crippen LogP contribution in [0, 0.1) is 0 Å².